The molecule has 5 N–H and O–H groups in total. The molecule has 0 atom stereocenters. The number of hydrogen-bond acceptors (Lipinski definition) is 5. The van der Waals surface area contributed by atoms with Gasteiger partial charge in [0.05, 0.1) is 11.3 Å². The number of fused-ring (bicyclic) bond motifs is 1. The molecule has 3 aromatic carbocycles. The smallest absolute Gasteiger partial charge is 0.198 e. The number of carbonyl (C=O) groups is 1. The predicted octanol–water partition coefficient (Wildman–Crippen LogP) is 4.45. The lowest BCUT2D eigenvalue weighted by Gasteiger charge is -2.02. The number of anilines is 1. The predicted molar refractivity (Wildman–Crippen MR) is 114 cm³/mol. The maximum atomic E-state index is 12.7. The van der Waals surface area contributed by atoms with Crippen LogP contribution in [0.5, 0.6) is 11.6 Å². The van der Waals surface area contributed by atoms with E-state index in [0.29, 0.717) is 33.6 Å². The number of benzene rings is 3. The van der Waals surface area contributed by atoms with Crippen LogP contribution in [0.1, 0.15) is 27.0 Å². The average molecular weight is 385 g/mol. The summed E-state index contributed by atoms with van der Waals surface area (Å²) in [5.41, 5.74) is 9.76. The summed E-state index contributed by atoms with van der Waals surface area (Å²) in [6.45, 7) is 1.80. The minimum Gasteiger partial charge on any atom is -0.508 e. The van der Waals surface area contributed by atoms with Crippen LogP contribution in [-0.4, -0.2) is 27.2 Å². The normalized spacial score (nSPS) is 11.3. The van der Waals surface area contributed by atoms with Gasteiger partial charge < -0.3 is 20.9 Å². The first-order chi connectivity index (χ1) is 13.9. The standard InChI is InChI=1S/C23H19N3O3/c1-13-2-8-17(11-21(13)27)25-12-19-18-9-5-15(10-20(18)26-23(19)29)22(28)14-3-6-16(24)7-4-14/h2-12,26-27,29H,24H2,1H3. The van der Waals surface area contributed by atoms with E-state index in [9.17, 15) is 15.0 Å². The molecule has 6 nitrogen and oxygen atoms in total. The highest BCUT2D eigenvalue weighted by Crippen LogP contribution is 2.29. The van der Waals surface area contributed by atoms with Crippen molar-refractivity contribution < 1.29 is 15.0 Å². The summed E-state index contributed by atoms with van der Waals surface area (Å²) in [4.78, 5) is 19.9. The van der Waals surface area contributed by atoms with Gasteiger partial charge in [-0.3, -0.25) is 9.79 Å². The van der Waals surface area contributed by atoms with Gasteiger partial charge in [0.1, 0.15) is 5.75 Å². The molecular weight excluding hydrogens is 366 g/mol. The molecular formula is C23H19N3O3. The molecule has 0 amide bonds. The molecule has 29 heavy (non-hydrogen) atoms. The number of aliphatic imine (C=N–C) groups is 1. The number of phenolic OH excluding ortho intramolecular Hbond substituents is 1. The van der Waals surface area contributed by atoms with E-state index in [1.54, 1.807) is 67.6 Å². The lowest BCUT2D eigenvalue weighted by Crippen LogP contribution is -2.01. The monoisotopic (exact) mass is 385 g/mol. The first kappa shape index (κ1) is 18.3. The lowest BCUT2D eigenvalue weighted by atomic mass is 10.0. The Morgan fingerprint density at radius 3 is 2.45 bits per heavy atom. The molecule has 0 aliphatic rings. The molecule has 0 radical (unpaired) electrons. The first-order valence-corrected chi connectivity index (χ1v) is 9.01. The Morgan fingerprint density at radius 1 is 1.00 bits per heavy atom. The zero-order valence-corrected chi connectivity index (χ0v) is 15.7. The van der Waals surface area contributed by atoms with Crippen molar-refractivity contribution in [1.29, 1.82) is 0 Å². The number of aromatic amines is 1. The van der Waals surface area contributed by atoms with E-state index in [1.807, 2.05) is 0 Å². The van der Waals surface area contributed by atoms with Crippen molar-refractivity contribution in [2.75, 3.05) is 5.73 Å². The van der Waals surface area contributed by atoms with Crippen LogP contribution in [0.2, 0.25) is 0 Å². The van der Waals surface area contributed by atoms with E-state index in [2.05, 4.69) is 9.98 Å². The number of carbonyl (C=O) groups excluding carboxylic acids is 1. The maximum absolute atomic E-state index is 12.7. The number of aromatic nitrogens is 1. The topological polar surface area (TPSA) is 112 Å². The van der Waals surface area contributed by atoms with Gasteiger partial charge in [0, 0.05) is 40.0 Å². The molecule has 0 saturated carbocycles. The van der Waals surface area contributed by atoms with Gasteiger partial charge in [-0.05, 0) is 48.9 Å². The van der Waals surface area contributed by atoms with Gasteiger partial charge in [-0.25, -0.2) is 0 Å². The number of nitrogens with two attached hydrogens (primary N) is 1. The SMILES string of the molecule is Cc1ccc(N=Cc2c(O)[nH]c3cc(C(=O)c4ccc(N)cc4)ccc23)cc1O. The van der Waals surface area contributed by atoms with Gasteiger partial charge in [0.2, 0.25) is 0 Å². The number of aryl methyl sites for hydroxylation is 1. The zero-order valence-electron chi connectivity index (χ0n) is 15.7. The lowest BCUT2D eigenvalue weighted by molar-refractivity contribution is 0.103. The second-order valence-corrected chi connectivity index (χ2v) is 6.83. The van der Waals surface area contributed by atoms with Crippen molar-refractivity contribution in [3.8, 4) is 11.6 Å². The highest BCUT2D eigenvalue weighted by Gasteiger charge is 2.14. The molecule has 0 fully saturated rings. The van der Waals surface area contributed by atoms with Crippen molar-refractivity contribution >= 4 is 34.3 Å². The Morgan fingerprint density at radius 2 is 1.72 bits per heavy atom. The summed E-state index contributed by atoms with van der Waals surface area (Å²) in [5, 5.41) is 20.8. The van der Waals surface area contributed by atoms with Crippen LogP contribution in [0, 0.1) is 6.92 Å². The van der Waals surface area contributed by atoms with E-state index in [4.69, 9.17) is 5.73 Å². The largest absolute Gasteiger partial charge is 0.508 e. The zero-order chi connectivity index (χ0) is 20.5. The quantitative estimate of drug-likeness (QED) is 0.236. The summed E-state index contributed by atoms with van der Waals surface area (Å²) >= 11 is 0. The third kappa shape index (κ3) is 3.55. The Balaban J connectivity index is 1.67. The fourth-order valence-electron chi connectivity index (χ4n) is 3.10. The molecule has 1 heterocycles. The summed E-state index contributed by atoms with van der Waals surface area (Å²) in [5.74, 6) is -0.0166. The van der Waals surface area contributed by atoms with Gasteiger partial charge >= 0.3 is 0 Å². The number of nitrogen functional groups attached to an aromatic ring is 1. The molecule has 0 aliphatic heterocycles. The minimum absolute atomic E-state index is 0.0443. The first-order valence-electron chi connectivity index (χ1n) is 9.01. The van der Waals surface area contributed by atoms with Crippen molar-refractivity contribution in [2.45, 2.75) is 6.92 Å². The van der Waals surface area contributed by atoms with Gasteiger partial charge in [0.15, 0.2) is 11.7 Å². The van der Waals surface area contributed by atoms with Crippen molar-refractivity contribution in [1.82, 2.24) is 4.98 Å². The second-order valence-electron chi connectivity index (χ2n) is 6.83. The fourth-order valence-corrected chi connectivity index (χ4v) is 3.10. The molecule has 6 heteroatoms. The molecule has 0 saturated heterocycles. The van der Waals surface area contributed by atoms with Crippen molar-refractivity contribution in [2.24, 2.45) is 4.99 Å². The minimum atomic E-state index is -0.133. The van der Waals surface area contributed by atoms with E-state index >= 15 is 0 Å². The van der Waals surface area contributed by atoms with Crippen molar-refractivity contribution in [3.05, 3.63) is 82.9 Å². The Kier molecular flexibility index (Phi) is 4.52. The summed E-state index contributed by atoms with van der Waals surface area (Å²) in [6.07, 6.45) is 1.53. The van der Waals surface area contributed by atoms with Crippen LogP contribution in [0.25, 0.3) is 10.9 Å². The van der Waals surface area contributed by atoms with Gasteiger partial charge in [-0.2, -0.15) is 0 Å². The molecule has 0 aliphatic carbocycles. The van der Waals surface area contributed by atoms with Gasteiger partial charge in [-0.15, -0.1) is 0 Å². The van der Waals surface area contributed by atoms with E-state index < -0.39 is 0 Å². The summed E-state index contributed by atoms with van der Waals surface area (Å²) in [7, 11) is 0. The van der Waals surface area contributed by atoms with Crippen LogP contribution in [0.15, 0.2) is 65.7 Å². The molecule has 4 rings (SSSR count). The fraction of sp³-hybridized carbons (Fsp3) is 0.0435. The van der Waals surface area contributed by atoms with Crippen molar-refractivity contribution in [3.63, 3.8) is 0 Å². The Bertz CT molecular complexity index is 1250. The highest BCUT2D eigenvalue weighted by molar-refractivity contribution is 6.12. The van der Waals surface area contributed by atoms with E-state index in [0.717, 1.165) is 10.9 Å². The van der Waals surface area contributed by atoms with Gasteiger partial charge in [0.25, 0.3) is 0 Å². The number of aromatic hydroxyl groups is 2. The Hall–Kier alpha value is -4.06. The molecule has 0 unspecified atom stereocenters. The number of H-pyrrole nitrogens is 1. The van der Waals surface area contributed by atoms with E-state index in [-0.39, 0.29) is 17.4 Å². The number of hydrogen-bond donors (Lipinski definition) is 4. The van der Waals surface area contributed by atoms with Crippen LogP contribution < -0.4 is 5.73 Å². The average Bonchev–Trinajstić information content (AvgIpc) is 3.03. The molecule has 1 aromatic heterocycles. The van der Waals surface area contributed by atoms with Crippen LogP contribution in [-0.2, 0) is 0 Å². The van der Waals surface area contributed by atoms with Crippen LogP contribution >= 0.6 is 0 Å². The highest BCUT2D eigenvalue weighted by atomic mass is 16.3. The van der Waals surface area contributed by atoms with Gasteiger partial charge in [-0.1, -0.05) is 18.2 Å². The summed E-state index contributed by atoms with van der Waals surface area (Å²) < 4.78 is 0. The Labute approximate surface area is 167 Å². The third-order valence-electron chi connectivity index (χ3n) is 4.79. The number of nitrogens with one attached hydrogen (secondary N) is 1. The third-order valence-corrected chi connectivity index (χ3v) is 4.79. The number of rotatable bonds is 4. The van der Waals surface area contributed by atoms with Crippen LogP contribution in [0.3, 0.4) is 0 Å². The maximum Gasteiger partial charge on any atom is 0.198 e. The van der Waals surface area contributed by atoms with E-state index in [1.165, 1.54) is 6.21 Å². The molecule has 144 valence electrons. The molecule has 0 spiro atoms. The summed E-state index contributed by atoms with van der Waals surface area (Å²) in [6, 6.07) is 17.0. The molecule has 4 aromatic rings. The number of nitrogens with zero attached hydrogens (tertiary/aromatic N) is 1. The number of phenols is 1. The van der Waals surface area contributed by atoms with Crippen LogP contribution in [0.4, 0.5) is 11.4 Å². The number of ketones is 1. The molecule has 0 bridgehead atoms. The second kappa shape index (κ2) is 7.16.